The molecule has 1 aromatic carbocycles. The van der Waals surface area contributed by atoms with E-state index in [-0.39, 0.29) is 18.1 Å². The van der Waals surface area contributed by atoms with Gasteiger partial charge in [-0.3, -0.25) is 4.79 Å². The molecule has 0 amide bonds. The van der Waals surface area contributed by atoms with Crippen LogP contribution in [0.25, 0.3) is 10.9 Å². The number of benzene rings is 1. The normalized spacial score (nSPS) is 11.8. The molecule has 0 saturated heterocycles. The summed E-state index contributed by atoms with van der Waals surface area (Å²) >= 11 is 0. The van der Waals surface area contributed by atoms with E-state index in [4.69, 9.17) is 4.74 Å². The van der Waals surface area contributed by atoms with Gasteiger partial charge in [0.25, 0.3) is 0 Å². The predicted octanol–water partition coefficient (Wildman–Crippen LogP) is 3.09. The van der Waals surface area contributed by atoms with Gasteiger partial charge in [-0.2, -0.15) is 0 Å². The standard InChI is InChI=1S/C17H24N2O2/c1-5-21-16(20)12-19-9-8-14-10-13(6-7-15(14)19)11-18-17(2,3)4/h6-10,18H,5,11-12H2,1-4H3. The fourth-order valence-corrected chi connectivity index (χ4v) is 2.21. The van der Waals surface area contributed by atoms with Gasteiger partial charge in [0.05, 0.1) is 6.61 Å². The maximum atomic E-state index is 11.6. The SMILES string of the molecule is CCOC(=O)Cn1ccc2cc(CNC(C)(C)C)ccc21. The van der Waals surface area contributed by atoms with E-state index in [0.29, 0.717) is 6.61 Å². The number of nitrogens with one attached hydrogen (secondary N) is 1. The second-order valence-corrected chi connectivity index (χ2v) is 6.25. The van der Waals surface area contributed by atoms with E-state index in [2.05, 4.69) is 44.3 Å². The molecule has 1 heterocycles. The molecule has 4 heteroatoms. The van der Waals surface area contributed by atoms with Gasteiger partial charge in [-0.15, -0.1) is 0 Å². The second-order valence-electron chi connectivity index (χ2n) is 6.25. The zero-order valence-corrected chi connectivity index (χ0v) is 13.3. The van der Waals surface area contributed by atoms with Crippen molar-refractivity contribution in [3.63, 3.8) is 0 Å². The molecule has 0 aliphatic heterocycles. The van der Waals surface area contributed by atoms with Gasteiger partial charge in [-0.1, -0.05) is 6.07 Å². The van der Waals surface area contributed by atoms with Crippen molar-refractivity contribution >= 4 is 16.9 Å². The highest BCUT2D eigenvalue weighted by molar-refractivity contribution is 5.82. The van der Waals surface area contributed by atoms with Crippen LogP contribution in [-0.4, -0.2) is 22.7 Å². The van der Waals surface area contributed by atoms with Crippen molar-refractivity contribution < 1.29 is 9.53 Å². The number of aromatic nitrogens is 1. The largest absolute Gasteiger partial charge is 0.465 e. The average molecular weight is 288 g/mol. The summed E-state index contributed by atoms with van der Waals surface area (Å²) in [5.74, 6) is -0.200. The van der Waals surface area contributed by atoms with Gasteiger partial charge in [-0.05, 0) is 56.8 Å². The van der Waals surface area contributed by atoms with E-state index in [9.17, 15) is 4.79 Å². The molecule has 0 aliphatic carbocycles. The molecule has 0 aliphatic rings. The zero-order chi connectivity index (χ0) is 15.5. The summed E-state index contributed by atoms with van der Waals surface area (Å²) in [4.78, 5) is 11.6. The van der Waals surface area contributed by atoms with Crippen LogP contribution in [0, 0.1) is 0 Å². The van der Waals surface area contributed by atoms with E-state index in [1.165, 1.54) is 5.56 Å². The Hall–Kier alpha value is -1.81. The van der Waals surface area contributed by atoms with Gasteiger partial charge in [0.1, 0.15) is 6.54 Å². The van der Waals surface area contributed by atoms with Gasteiger partial charge in [0, 0.05) is 23.8 Å². The number of nitrogens with zero attached hydrogens (tertiary/aromatic N) is 1. The minimum atomic E-state index is -0.200. The van der Waals surface area contributed by atoms with Gasteiger partial charge in [0.15, 0.2) is 0 Å². The molecule has 4 nitrogen and oxygen atoms in total. The first-order valence-electron chi connectivity index (χ1n) is 7.37. The molecule has 0 unspecified atom stereocenters. The third-order valence-corrected chi connectivity index (χ3v) is 3.26. The van der Waals surface area contributed by atoms with E-state index in [1.807, 2.05) is 23.8 Å². The lowest BCUT2D eigenvalue weighted by Crippen LogP contribution is -2.35. The summed E-state index contributed by atoms with van der Waals surface area (Å²) in [6.07, 6.45) is 1.93. The Kier molecular flexibility index (Phi) is 4.68. The average Bonchev–Trinajstić information content (AvgIpc) is 2.78. The quantitative estimate of drug-likeness (QED) is 0.860. The summed E-state index contributed by atoms with van der Waals surface area (Å²) in [6, 6.07) is 8.36. The lowest BCUT2D eigenvalue weighted by molar-refractivity contribution is -0.143. The highest BCUT2D eigenvalue weighted by atomic mass is 16.5. The van der Waals surface area contributed by atoms with Gasteiger partial charge in [-0.25, -0.2) is 0 Å². The number of hydrogen-bond donors (Lipinski definition) is 1. The Bertz CT molecular complexity index is 623. The van der Waals surface area contributed by atoms with E-state index in [1.54, 1.807) is 0 Å². The molecule has 0 radical (unpaired) electrons. The number of carbonyl (C=O) groups is 1. The molecule has 0 atom stereocenters. The molecule has 2 aromatic rings. The Morgan fingerprint density at radius 1 is 1.29 bits per heavy atom. The van der Waals surface area contributed by atoms with Crippen LogP contribution < -0.4 is 5.32 Å². The molecule has 0 bridgehead atoms. The summed E-state index contributed by atoms with van der Waals surface area (Å²) < 4.78 is 6.92. The van der Waals surface area contributed by atoms with E-state index in [0.717, 1.165) is 17.4 Å². The van der Waals surface area contributed by atoms with E-state index < -0.39 is 0 Å². The minimum absolute atomic E-state index is 0.102. The third kappa shape index (κ3) is 4.33. The molecule has 2 rings (SSSR count). The van der Waals surface area contributed by atoms with Crippen molar-refractivity contribution in [1.82, 2.24) is 9.88 Å². The monoisotopic (exact) mass is 288 g/mol. The first-order chi connectivity index (χ1) is 9.89. The number of esters is 1. The fraction of sp³-hybridized carbons (Fsp3) is 0.471. The third-order valence-electron chi connectivity index (χ3n) is 3.26. The van der Waals surface area contributed by atoms with Crippen molar-refractivity contribution in [2.45, 2.75) is 46.3 Å². The van der Waals surface area contributed by atoms with Gasteiger partial charge >= 0.3 is 5.97 Å². The van der Waals surface area contributed by atoms with Crippen molar-refractivity contribution in [3.8, 4) is 0 Å². The molecule has 1 N–H and O–H groups in total. The van der Waals surface area contributed by atoms with Gasteiger partial charge < -0.3 is 14.6 Å². The first-order valence-corrected chi connectivity index (χ1v) is 7.37. The first kappa shape index (κ1) is 15.6. The second kappa shape index (κ2) is 6.31. The number of hydrogen-bond acceptors (Lipinski definition) is 3. The van der Waals surface area contributed by atoms with E-state index >= 15 is 0 Å². The molecule has 0 saturated carbocycles. The maximum absolute atomic E-state index is 11.6. The smallest absolute Gasteiger partial charge is 0.325 e. The molecule has 0 fully saturated rings. The van der Waals surface area contributed by atoms with Crippen LogP contribution in [-0.2, 0) is 22.6 Å². The van der Waals surface area contributed by atoms with Crippen LogP contribution in [0.3, 0.4) is 0 Å². The predicted molar refractivity (Wildman–Crippen MR) is 85.2 cm³/mol. The lowest BCUT2D eigenvalue weighted by atomic mass is 10.1. The van der Waals surface area contributed by atoms with Crippen LogP contribution in [0.2, 0.25) is 0 Å². The van der Waals surface area contributed by atoms with Crippen molar-refractivity contribution in [3.05, 3.63) is 36.0 Å². The molecular weight excluding hydrogens is 264 g/mol. The summed E-state index contributed by atoms with van der Waals surface area (Å²) in [5, 5.41) is 4.62. The van der Waals surface area contributed by atoms with Crippen molar-refractivity contribution in [1.29, 1.82) is 0 Å². The highest BCUT2D eigenvalue weighted by Gasteiger charge is 2.10. The number of ether oxygens (including phenoxy) is 1. The van der Waals surface area contributed by atoms with Crippen LogP contribution in [0.15, 0.2) is 30.5 Å². The maximum Gasteiger partial charge on any atom is 0.325 e. The number of carbonyl (C=O) groups excluding carboxylic acids is 1. The Morgan fingerprint density at radius 2 is 2.05 bits per heavy atom. The van der Waals surface area contributed by atoms with Crippen molar-refractivity contribution in [2.24, 2.45) is 0 Å². The Balaban J connectivity index is 2.13. The summed E-state index contributed by atoms with van der Waals surface area (Å²) in [5.41, 5.74) is 2.40. The fourth-order valence-electron chi connectivity index (χ4n) is 2.21. The van der Waals surface area contributed by atoms with Crippen LogP contribution in [0.4, 0.5) is 0 Å². The van der Waals surface area contributed by atoms with Gasteiger partial charge in [0.2, 0.25) is 0 Å². The highest BCUT2D eigenvalue weighted by Crippen LogP contribution is 2.18. The van der Waals surface area contributed by atoms with Crippen molar-refractivity contribution in [2.75, 3.05) is 6.61 Å². The number of fused-ring (bicyclic) bond motifs is 1. The summed E-state index contributed by atoms with van der Waals surface area (Å²) in [7, 11) is 0. The van der Waals surface area contributed by atoms with Crippen LogP contribution >= 0.6 is 0 Å². The molecule has 0 spiro atoms. The molecule has 1 aromatic heterocycles. The molecule has 21 heavy (non-hydrogen) atoms. The Morgan fingerprint density at radius 3 is 2.71 bits per heavy atom. The topological polar surface area (TPSA) is 43.3 Å². The lowest BCUT2D eigenvalue weighted by Gasteiger charge is -2.20. The molecular formula is C17H24N2O2. The summed E-state index contributed by atoms with van der Waals surface area (Å²) in [6.45, 7) is 9.80. The van der Waals surface area contributed by atoms with Crippen LogP contribution in [0.1, 0.15) is 33.3 Å². The van der Waals surface area contributed by atoms with Crippen LogP contribution in [0.5, 0.6) is 0 Å². The number of rotatable bonds is 5. The Labute approximate surface area is 126 Å². The molecule has 114 valence electrons. The zero-order valence-electron chi connectivity index (χ0n) is 13.3. The minimum Gasteiger partial charge on any atom is -0.465 e.